The van der Waals surface area contributed by atoms with Gasteiger partial charge in [0.2, 0.25) is 0 Å². The smallest absolute Gasteiger partial charge is 0.154 e. The van der Waals surface area contributed by atoms with Gasteiger partial charge in [0.25, 0.3) is 0 Å². The second kappa shape index (κ2) is 5.00. The molecule has 0 aliphatic carbocycles. The predicted molar refractivity (Wildman–Crippen MR) is 80.3 cm³/mol. The number of hydrogen-bond acceptors (Lipinski definition) is 3. The normalized spacial score (nSPS) is 12.4. The summed E-state index contributed by atoms with van der Waals surface area (Å²) in [6.07, 6.45) is 3.66. The SMILES string of the molecule is CC(C)c1cc2c(N(C)C(C)(C)CCl)nccn2n1. The van der Waals surface area contributed by atoms with Gasteiger partial charge in [-0.15, -0.1) is 11.6 Å². The highest BCUT2D eigenvalue weighted by atomic mass is 35.5. The average molecular weight is 281 g/mol. The van der Waals surface area contributed by atoms with E-state index in [9.17, 15) is 0 Å². The van der Waals surface area contributed by atoms with E-state index < -0.39 is 0 Å². The first-order valence-electron chi connectivity index (χ1n) is 6.51. The summed E-state index contributed by atoms with van der Waals surface area (Å²) < 4.78 is 1.89. The van der Waals surface area contributed by atoms with Gasteiger partial charge < -0.3 is 4.90 Å². The zero-order chi connectivity index (χ0) is 14.2. The first kappa shape index (κ1) is 14.1. The van der Waals surface area contributed by atoms with Crippen molar-refractivity contribution in [3.05, 3.63) is 24.2 Å². The van der Waals surface area contributed by atoms with Crippen molar-refractivity contribution in [2.75, 3.05) is 17.8 Å². The molecule has 2 heterocycles. The fourth-order valence-electron chi connectivity index (χ4n) is 1.84. The van der Waals surface area contributed by atoms with Crippen LogP contribution in [0.3, 0.4) is 0 Å². The van der Waals surface area contributed by atoms with Crippen LogP contribution in [0.4, 0.5) is 5.82 Å². The zero-order valence-corrected chi connectivity index (χ0v) is 12.9. The number of hydrogen-bond donors (Lipinski definition) is 0. The van der Waals surface area contributed by atoms with E-state index in [2.05, 4.69) is 48.7 Å². The Kier molecular flexibility index (Phi) is 3.72. The summed E-state index contributed by atoms with van der Waals surface area (Å²) in [5.41, 5.74) is 1.94. The summed E-state index contributed by atoms with van der Waals surface area (Å²) in [5.74, 6) is 1.85. The third kappa shape index (κ3) is 2.54. The molecule has 0 saturated carbocycles. The number of nitrogens with zero attached hydrogens (tertiary/aromatic N) is 4. The fourth-order valence-corrected chi connectivity index (χ4v) is 2.02. The van der Waals surface area contributed by atoms with Crippen LogP contribution >= 0.6 is 11.6 Å². The Hall–Kier alpha value is -1.29. The van der Waals surface area contributed by atoms with E-state index in [4.69, 9.17) is 11.6 Å². The Bertz CT molecular complexity index is 574. The van der Waals surface area contributed by atoms with E-state index in [1.54, 1.807) is 6.20 Å². The molecule has 0 aliphatic heterocycles. The van der Waals surface area contributed by atoms with Crippen molar-refractivity contribution >= 4 is 22.9 Å². The van der Waals surface area contributed by atoms with Gasteiger partial charge in [0.15, 0.2) is 5.82 Å². The molecule has 0 unspecified atom stereocenters. The highest BCUT2D eigenvalue weighted by Gasteiger charge is 2.25. The molecular weight excluding hydrogens is 260 g/mol. The zero-order valence-electron chi connectivity index (χ0n) is 12.2. The Morgan fingerprint density at radius 2 is 2.11 bits per heavy atom. The van der Waals surface area contributed by atoms with E-state index >= 15 is 0 Å². The summed E-state index contributed by atoms with van der Waals surface area (Å²) in [7, 11) is 2.02. The predicted octanol–water partition coefficient (Wildman–Crippen LogP) is 3.31. The van der Waals surface area contributed by atoms with Crippen LogP contribution in [0.5, 0.6) is 0 Å². The molecule has 0 atom stereocenters. The highest BCUT2D eigenvalue weighted by molar-refractivity contribution is 6.18. The van der Waals surface area contributed by atoms with Crippen LogP contribution in [-0.4, -0.2) is 33.1 Å². The number of rotatable bonds is 4. The van der Waals surface area contributed by atoms with Crippen molar-refractivity contribution < 1.29 is 0 Å². The Morgan fingerprint density at radius 3 is 2.68 bits per heavy atom. The van der Waals surface area contributed by atoms with Gasteiger partial charge in [-0.25, -0.2) is 9.50 Å². The number of aromatic nitrogens is 3. The third-order valence-electron chi connectivity index (χ3n) is 3.53. The monoisotopic (exact) mass is 280 g/mol. The first-order valence-corrected chi connectivity index (χ1v) is 7.04. The second-order valence-corrected chi connectivity index (χ2v) is 6.08. The van der Waals surface area contributed by atoms with Crippen LogP contribution in [0.1, 0.15) is 39.3 Å². The molecule has 0 bridgehead atoms. The van der Waals surface area contributed by atoms with Gasteiger partial charge in [-0.2, -0.15) is 5.10 Å². The van der Waals surface area contributed by atoms with Crippen molar-refractivity contribution in [2.24, 2.45) is 0 Å². The van der Waals surface area contributed by atoms with Crippen LogP contribution in [0.2, 0.25) is 0 Å². The molecule has 2 rings (SSSR count). The van der Waals surface area contributed by atoms with Crippen molar-refractivity contribution in [3.63, 3.8) is 0 Å². The molecule has 4 nitrogen and oxygen atoms in total. The van der Waals surface area contributed by atoms with Crippen molar-refractivity contribution in [1.29, 1.82) is 0 Å². The summed E-state index contributed by atoms with van der Waals surface area (Å²) >= 11 is 6.05. The fraction of sp³-hybridized carbons (Fsp3) is 0.571. The van der Waals surface area contributed by atoms with Gasteiger partial charge in [-0.3, -0.25) is 0 Å². The molecule has 0 aromatic carbocycles. The average Bonchev–Trinajstić information content (AvgIpc) is 2.81. The van der Waals surface area contributed by atoms with Gasteiger partial charge in [-0.05, 0) is 25.8 Å². The van der Waals surface area contributed by atoms with Crippen molar-refractivity contribution in [2.45, 2.75) is 39.2 Å². The lowest BCUT2D eigenvalue weighted by atomic mass is 10.1. The number of fused-ring (bicyclic) bond motifs is 1. The van der Waals surface area contributed by atoms with Crippen molar-refractivity contribution in [1.82, 2.24) is 14.6 Å². The summed E-state index contributed by atoms with van der Waals surface area (Å²) in [4.78, 5) is 6.61. The van der Waals surface area contributed by atoms with Gasteiger partial charge in [0.1, 0.15) is 5.52 Å². The Balaban J connectivity index is 2.55. The van der Waals surface area contributed by atoms with Gasteiger partial charge in [0, 0.05) is 30.9 Å². The Morgan fingerprint density at radius 1 is 1.42 bits per heavy atom. The largest absolute Gasteiger partial charge is 0.352 e. The maximum absolute atomic E-state index is 6.05. The first-order chi connectivity index (χ1) is 8.86. The van der Waals surface area contributed by atoms with Crippen LogP contribution in [0, 0.1) is 0 Å². The van der Waals surface area contributed by atoms with E-state index in [0.717, 1.165) is 17.0 Å². The molecule has 0 aliphatic rings. The van der Waals surface area contributed by atoms with E-state index in [1.807, 2.05) is 17.8 Å². The molecule has 5 heteroatoms. The molecule has 0 spiro atoms. The number of halogens is 1. The van der Waals surface area contributed by atoms with Crippen LogP contribution in [0.25, 0.3) is 5.52 Å². The minimum absolute atomic E-state index is 0.154. The van der Waals surface area contributed by atoms with E-state index in [-0.39, 0.29) is 5.54 Å². The highest BCUT2D eigenvalue weighted by Crippen LogP contribution is 2.27. The number of alkyl halides is 1. The maximum Gasteiger partial charge on any atom is 0.154 e. The van der Waals surface area contributed by atoms with Gasteiger partial charge in [0.05, 0.1) is 5.69 Å². The molecule has 0 radical (unpaired) electrons. The van der Waals surface area contributed by atoms with Gasteiger partial charge in [-0.1, -0.05) is 13.8 Å². The van der Waals surface area contributed by atoms with Crippen LogP contribution in [0.15, 0.2) is 18.5 Å². The number of anilines is 1. The minimum atomic E-state index is -0.154. The van der Waals surface area contributed by atoms with E-state index in [1.165, 1.54) is 0 Å². The topological polar surface area (TPSA) is 33.4 Å². The van der Waals surface area contributed by atoms with E-state index in [0.29, 0.717) is 11.8 Å². The molecule has 2 aromatic heterocycles. The maximum atomic E-state index is 6.05. The van der Waals surface area contributed by atoms with Crippen LogP contribution < -0.4 is 4.90 Å². The molecule has 0 N–H and O–H groups in total. The standard InChI is InChI=1S/C14H21ClN4/c1-10(2)11-8-12-13(16-6-7-19(12)17-11)18(5)14(3,4)9-15/h6-8,10H,9H2,1-5H3. The van der Waals surface area contributed by atoms with Crippen LogP contribution in [-0.2, 0) is 0 Å². The molecule has 104 valence electrons. The third-order valence-corrected chi connectivity index (χ3v) is 4.19. The van der Waals surface area contributed by atoms with Crippen molar-refractivity contribution in [3.8, 4) is 0 Å². The lowest BCUT2D eigenvalue weighted by Crippen LogP contribution is -2.43. The molecule has 19 heavy (non-hydrogen) atoms. The quantitative estimate of drug-likeness (QED) is 0.806. The minimum Gasteiger partial charge on any atom is -0.352 e. The summed E-state index contributed by atoms with van der Waals surface area (Å²) in [5, 5.41) is 4.58. The molecule has 2 aromatic rings. The molecular formula is C14H21ClN4. The second-order valence-electron chi connectivity index (χ2n) is 5.81. The lowest BCUT2D eigenvalue weighted by molar-refractivity contribution is 0.541. The summed E-state index contributed by atoms with van der Waals surface area (Å²) in [6, 6.07) is 2.10. The molecule has 0 fully saturated rings. The Labute approximate surface area is 119 Å². The summed E-state index contributed by atoms with van der Waals surface area (Å²) in [6.45, 7) is 8.48. The molecule has 0 saturated heterocycles. The molecule has 0 amide bonds. The van der Waals surface area contributed by atoms with Gasteiger partial charge >= 0.3 is 0 Å². The lowest BCUT2D eigenvalue weighted by Gasteiger charge is -2.35.